The summed E-state index contributed by atoms with van der Waals surface area (Å²) in [6.45, 7) is 2.49. The van der Waals surface area contributed by atoms with Crippen LogP contribution in [0.5, 0.6) is 0 Å². The molecule has 56 valence electrons. The van der Waals surface area contributed by atoms with E-state index in [1.54, 1.807) is 6.92 Å². The normalized spacial score (nSPS) is 10.7. The molecule has 0 saturated heterocycles. The first-order chi connectivity index (χ1) is 4.31. The van der Waals surface area contributed by atoms with Crippen LogP contribution in [-0.2, 0) is 9.68 Å². The average Bonchev–Trinajstić information content (AvgIpc) is 1.85. The van der Waals surface area contributed by atoms with Gasteiger partial charge in [-0.05, 0) is 6.92 Å². The quantitative estimate of drug-likeness (QED) is 0.521. The lowest BCUT2D eigenvalue weighted by molar-refractivity contribution is -0.332. The molecule has 0 aliphatic heterocycles. The lowest BCUT2D eigenvalue weighted by atomic mass is 10.8. The number of hydrogen-bond donors (Lipinski definition) is 1. The van der Waals surface area contributed by atoms with E-state index < -0.39 is 0 Å². The van der Waals surface area contributed by atoms with Crippen molar-refractivity contribution in [3.05, 3.63) is 5.21 Å². The van der Waals surface area contributed by atoms with E-state index in [-0.39, 0.29) is 12.0 Å². The Morgan fingerprint density at radius 2 is 2.22 bits per heavy atom. The van der Waals surface area contributed by atoms with Gasteiger partial charge in [0.2, 0.25) is 0 Å². The van der Waals surface area contributed by atoms with Crippen molar-refractivity contribution in [3.63, 3.8) is 0 Å². The smallest absolute Gasteiger partial charge is 0.0822 e. The molecule has 0 bridgehead atoms. The molecule has 0 saturated carbocycles. The highest BCUT2D eigenvalue weighted by atomic mass is 17.1. The first kappa shape index (κ1) is 8.80. The Bertz CT molecular complexity index is 61.8. The van der Waals surface area contributed by atoms with Gasteiger partial charge in [0.05, 0.1) is 13.2 Å². The Morgan fingerprint density at radius 1 is 1.56 bits per heavy atom. The maximum atomic E-state index is 10.2. The van der Waals surface area contributed by atoms with E-state index in [4.69, 9.17) is 5.73 Å². The molecule has 0 heterocycles. The molecule has 0 atom stereocenters. The van der Waals surface area contributed by atoms with Crippen molar-refractivity contribution in [2.75, 3.05) is 19.8 Å². The number of nitrogens with two attached hydrogens (primary N) is 1. The third kappa shape index (κ3) is 5.67. The Hall–Kier alpha value is -0.200. The molecule has 0 amide bonds. The lowest BCUT2D eigenvalue weighted by Crippen LogP contribution is -2.21. The van der Waals surface area contributed by atoms with Crippen LogP contribution < -0.4 is 5.73 Å². The van der Waals surface area contributed by atoms with Crippen LogP contribution in [0.3, 0.4) is 0 Å². The molecule has 5 nitrogen and oxygen atoms in total. The van der Waals surface area contributed by atoms with Crippen molar-refractivity contribution >= 4 is 0 Å². The van der Waals surface area contributed by atoms with E-state index in [2.05, 4.69) is 9.68 Å². The third-order valence-electron chi connectivity index (χ3n) is 0.549. The molecule has 9 heavy (non-hydrogen) atoms. The molecular weight excluding hydrogens is 124 g/mol. The van der Waals surface area contributed by atoms with Crippen molar-refractivity contribution < 1.29 is 9.68 Å². The fraction of sp³-hybridized carbons (Fsp3) is 1.00. The highest BCUT2D eigenvalue weighted by Gasteiger charge is 1.86. The molecule has 0 aromatic heterocycles. The largest absolute Gasteiger partial charge is 0.738 e. The molecule has 0 aromatic rings. The first-order valence-electron chi connectivity index (χ1n) is 2.74. The topological polar surface area (TPSA) is 70.8 Å². The highest BCUT2D eigenvalue weighted by Crippen LogP contribution is 1.85. The fourth-order valence-corrected chi connectivity index (χ4v) is 0.270. The van der Waals surface area contributed by atoms with Gasteiger partial charge in [-0.25, -0.2) is 0 Å². The zero-order valence-electron chi connectivity index (χ0n) is 5.37. The minimum Gasteiger partial charge on any atom is -0.738 e. The second-order valence-electron chi connectivity index (χ2n) is 1.26. The maximum absolute atomic E-state index is 10.2. The van der Waals surface area contributed by atoms with Crippen LogP contribution in [0.4, 0.5) is 0 Å². The van der Waals surface area contributed by atoms with Gasteiger partial charge in [-0.2, -0.15) is 0 Å². The number of hydrogen-bond acceptors (Lipinski definition) is 5. The van der Waals surface area contributed by atoms with Crippen molar-refractivity contribution in [1.29, 1.82) is 0 Å². The minimum atomic E-state index is 0.0624. The van der Waals surface area contributed by atoms with E-state index >= 15 is 0 Å². The zero-order chi connectivity index (χ0) is 7.11. The predicted octanol–water partition coefficient (Wildman–Crippen LogP) is -0.372. The van der Waals surface area contributed by atoms with E-state index in [0.29, 0.717) is 13.2 Å². The Kier molecular flexibility index (Phi) is 5.80. The minimum absolute atomic E-state index is 0.0624. The average molecular weight is 135 g/mol. The van der Waals surface area contributed by atoms with Crippen LogP contribution in [0.1, 0.15) is 6.92 Å². The van der Waals surface area contributed by atoms with E-state index in [1.807, 2.05) is 0 Å². The Labute approximate surface area is 53.8 Å². The molecule has 0 aliphatic carbocycles. The molecule has 2 N–H and O–H groups in total. The van der Waals surface area contributed by atoms with Gasteiger partial charge in [-0.15, -0.1) is 5.39 Å². The highest BCUT2D eigenvalue weighted by molar-refractivity contribution is 4.26. The van der Waals surface area contributed by atoms with Gasteiger partial charge in [-0.1, -0.05) is 0 Å². The zero-order valence-corrected chi connectivity index (χ0v) is 5.37. The van der Waals surface area contributed by atoms with Gasteiger partial charge in [0, 0.05) is 6.54 Å². The number of rotatable bonds is 5. The van der Waals surface area contributed by atoms with E-state index in [1.165, 1.54) is 0 Å². The molecule has 0 unspecified atom stereocenters. The second-order valence-corrected chi connectivity index (χ2v) is 1.26. The van der Waals surface area contributed by atoms with Gasteiger partial charge >= 0.3 is 0 Å². The molecule has 5 heteroatoms. The SMILES string of the molecule is CCON([O-])OCCN. The summed E-state index contributed by atoms with van der Waals surface area (Å²) in [7, 11) is 0. The Morgan fingerprint density at radius 3 is 2.67 bits per heavy atom. The van der Waals surface area contributed by atoms with Gasteiger partial charge in [0.1, 0.15) is 0 Å². The van der Waals surface area contributed by atoms with Crippen LogP contribution in [-0.4, -0.2) is 25.1 Å². The standard InChI is InChI=1S/C4H11N2O3/c1-2-8-6(7)9-4-3-5/h2-5H2,1H3/q-1. The maximum Gasteiger partial charge on any atom is 0.0822 e. The van der Waals surface area contributed by atoms with Crippen LogP contribution in [0, 0.1) is 5.21 Å². The predicted molar refractivity (Wildman–Crippen MR) is 31.8 cm³/mol. The monoisotopic (exact) mass is 135 g/mol. The Balaban J connectivity index is 2.95. The summed E-state index contributed by atoms with van der Waals surface area (Å²) in [6, 6.07) is 0. The summed E-state index contributed by atoms with van der Waals surface area (Å²) < 4.78 is 0. The van der Waals surface area contributed by atoms with Crippen LogP contribution in [0.15, 0.2) is 0 Å². The van der Waals surface area contributed by atoms with Gasteiger partial charge in [0.15, 0.2) is 0 Å². The second kappa shape index (κ2) is 5.93. The molecule has 0 fully saturated rings. The molecule has 0 radical (unpaired) electrons. The summed E-state index contributed by atoms with van der Waals surface area (Å²) in [5, 5.41) is 10.3. The molecular formula is C4H11N2O3-. The summed E-state index contributed by atoms with van der Waals surface area (Å²) in [6.07, 6.45) is 0. The van der Waals surface area contributed by atoms with Crippen molar-refractivity contribution in [3.8, 4) is 0 Å². The molecule has 0 aromatic carbocycles. The summed E-state index contributed by atoms with van der Waals surface area (Å²) in [5.74, 6) is 0. The van der Waals surface area contributed by atoms with Crippen LogP contribution in [0.2, 0.25) is 0 Å². The van der Waals surface area contributed by atoms with Crippen molar-refractivity contribution in [2.24, 2.45) is 5.73 Å². The number of nitrogens with zero attached hydrogens (tertiary/aromatic N) is 1. The van der Waals surface area contributed by atoms with E-state index in [9.17, 15) is 5.21 Å². The third-order valence-corrected chi connectivity index (χ3v) is 0.549. The van der Waals surface area contributed by atoms with Gasteiger partial charge < -0.3 is 10.9 Å². The summed E-state index contributed by atoms with van der Waals surface area (Å²) >= 11 is 0. The van der Waals surface area contributed by atoms with Crippen molar-refractivity contribution in [1.82, 2.24) is 5.39 Å². The molecule has 0 rings (SSSR count). The van der Waals surface area contributed by atoms with Gasteiger partial charge in [0.25, 0.3) is 0 Å². The fourth-order valence-electron chi connectivity index (χ4n) is 0.270. The van der Waals surface area contributed by atoms with Crippen LogP contribution in [0.25, 0.3) is 0 Å². The van der Waals surface area contributed by atoms with E-state index in [0.717, 1.165) is 0 Å². The first-order valence-corrected chi connectivity index (χ1v) is 2.74. The van der Waals surface area contributed by atoms with Crippen LogP contribution >= 0.6 is 0 Å². The summed E-state index contributed by atoms with van der Waals surface area (Å²) in [4.78, 5) is 8.71. The molecule has 0 spiro atoms. The van der Waals surface area contributed by atoms with Crippen molar-refractivity contribution in [2.45, 2.75) is 6.92 Å². The van der Waals surface area contributed by atoms with Gasteiger partial charge in [-0.3, -0.25) is 9.68 Å². The summed E-state index contributed by atoms with van der Waals surface area (Å²) in [5.41, 5.74) is 5.03. The lowest BCUT2D eigenvalue weighted by Gasteiger charge is -2.23. The molecule has 0 aliphatic rings.